The van der Waals surface area contributed by atoms with Gasteiger partial charge in [-0.05, 0) is 30.9 Å². The lowest BCUT2D eigenvalue weighted by Crippen LogP contribution is -3.15. The number of amides is 3. The van der Waals surface area contributed by atoms with Crippen LogP contribution in [0.4, 0.5) is 4.79 Å². The third kappa shape index (κ3) is 3.93. The van der Waals surface area contributed by atoms with E-state index in [1.165, 1.54) is 4.90 Å². The molecule has 0 saturated carbocycles. The number of urea groups is 1. The quantitative estimate of drug-likeness (QED) is 0.543. The molecule has 7 heteroatoms. The number of carbonyl (C=O) groups is 3. The second-order valence-corrected chi connectivity index (χ2v) is 8.10. The van der Waals surface area contributed by atoms with E-state index in [1.54, 1.807) is 6.92 Å². The fourth-order valence-electron chi connectivity index (χ4n) is 4.63. The molecule has 0 bridgehead atoms. The van der Waals surface area contributed by atoms with E-state index >= 15 is 0 Å². The summed E-state index contributed by atoms with van der Waals surface area (Å²) in [6.45, 7) is 3.73. The normalized spacial score (nSPS) is 22.8. The Hall–Kier alpha value is -3.19. The average Bonchev–Trinajstić information content (AvgIpc) is 3.06. The summed E-state index contributed by atoms with van der Waals surface area (Å²) in [6, 6.07) is 18.2. The van der Waals surface area contributed by atoms with E-state index in [0.29, 0.717) is 13.2 Å². The Kier molecular flexibility index (Phi) is 6.04. The number of imide groups is 1. The molecule has 2 heterocycles. The summed E-state index contributed by atoms with van der Waals surface area (Å²) >= 11 is 0. The van der Waals surface area contributed by atoms with Gasteiger partial charge in [-0.3, -0.25) is 9.59 Å². The van der Waals surface area contributed by atoms with Crippen molar-refractivity contribution in [2.24, 2.45) is 5.92 Å². The summed E-state index contributed by atoms with van der Waals surface area (Å²) in [5.74, 6) is -0.682. The van der Waals surface area contributed by atoms with Gasteiger partial charge in [-0.1, -0.05) is 60.7 Å². The number of likely N-dealkylation sites (tertiary alicyclic amines) is 1. The van der Waals surface area contributed by atoms with E-state index < -0.39 is 11.6 Å². The lowest BCUT2D eigenvalue weighted by Gasteiger charge is -2.31. The van der Waals surface area contributed by atoms with Gasteiger partial charge in [-0.15, -0.1) is 0 Å². The molecule has 3 amide bonds. The first-order chi connectivity index (χ1) is 15.1. The first-order valence-corrected chi connectivity index (χ1v) is 10.8. The smallest absolute Gasteiger partial charge is 0.330 e. The van der Waals surface area contributed by atoms with Crippen LogP contribution in [0.3, 0.4) is 0 Å². The van der Waals surface area contributed by atoms with Gasteiger partial charge in [-0.25, -0.2) is 9.69 Å². The molecule has 2 aliphatic heterocycles. The summed E-state index contributed by atoms with van der Waals surface area (Å²) in [7, 11) is 0. The van der Waals surface area contributed by atoms with Crippen molar-refractivity contribution in [3.8, 4) is 0 Å². The number of piperidine rings is 1. The van der Waals surface area contributed by atoms with Crippen LogP contribution in [0.1, 0.15) is 30.9 Å². The highest BCUT2D eigenvalue weighted by molar-refractivity contribution is 6.09. The Bertz CT molecular complexity index is 908. The van der Waals surface area contributed by atoms with Crippen molar-refractivity contribution in [1.82, 2.24) is 10.2 Å². The number of benzene rings is 2. The Labute approximate surface area is 182 Å². The maximum atomic E-state index is 13.8. The number of quaternary nitrogens is 1. The molecule has 162 valence electrons. The summed E-state index contributed by atoms with van der Waals surface area (Å²) in [4.78, 5) is 41.3. The van der Waals surface area contributed by atoms with Crippen molar-refractivity contribution in [3.63, 3.8) is 0 Å². The number of nitrogens with zero attached hydrogens (tertiary/aromatic N) is 1. The van der Waals surface area contributed by atoms with Gasteiger partial charge in [0.25, 0.3) is 5.91 Å². The fraction of sp³-hybridized carbons (Fsp3) is 0.375. The van der Waals surface area contributed by atoms with Gasteiger partial charge in [0.05, 0.1) is 19.7 Å². The van der Waals surface area contributed by atoms with E-state index in [9.17, 15) is 14.4 Å². The molecular weight excluding hydrogens is 394 g/mol. The van der Waals surface area contributed by atoms with E-state index in [0.717, 1.165) is 35.4 Å². The van der Waals surface area contributed by atoms with Crippen LogP contribution in [0.5, 0.6) is 0 Å². The molecule has 0 aliphatic carbocycles. The van der Waals surface area contributed by atoms with Crippen molar-refractivity contribution in [3.05, 3.63) is 71.8 Å². The van der Waals surface area contributed by atoms with Crippen molar-refractivity contribution >= 4 is 17.9 Å². The molecule has 2 fully saturated rings. The van der Waals surface area contributed by atoms with E-state index in [-0.39, 0.29) is 24.5 Å². The molecular formula is C24H28N3O4+. The topological polar surface area (TPSA) is 80.2 Å². The van der Waals surface area contributed by atoms with E-state index in [2.05, 4.69) is 5.32 Å². The molecule has 2 aromatic carbocycles. The average molecular weight is 423 g/mol. The summed E-state index contributed by atoms with van der Waals surface area (Å²) in [5.41, 5.74) is 0.190. The Balaban J connectivity index is 1.60. The van der Waals surface area contributed by atoms with Crippen LogP contribution in [-0.4, -0.2) is 49.2 Å². The third-order valence-electron chi connectivity index (χ3n) is 6.14. The highest BCUT2D eigenvalue weighted by Crippen LogP contribution is 2.35. The number of carbonyl (C=O) groups excluding carboxylic acids is 3. The Morgan fingerprint density at radius 2 is 1.71 bits per heavy atom. The highest BCUT2D eigenvalue weighted by Gasteiger charge is 2.54. The largest absolute Gasteiger partial charge is 0.466 e. The molecule has 2 N–H and O–H groups in total. The maximum absolute atomic E-state index is 13.8. The summed E-state index contributed by atoms with van der Waals surface area (Å²) in [6.07, 6.45) is 1.63. The van der Waals surface area contributed by atoms with Gasteiger partial charge in [0.1, 0.15) is 5.92 Å². The predicted octanol–water partition coefficient (Wildman–Crippen LogP) is 1.30. The van der Waals surface area contributed by atoms with Crippen LogP contribution in [0.25, 0.3) is 0 Å². The Morgan fingerprint density at radius 1 is 1.10 bits per heavy atom. The van der Waals surface area contributed by atoms with Gasteiger partial charge < -0.3 is 15.0 Å². The van der Waals surface area contributed by atoms with Crippen molar-refractivity contribution in [2.45, 2.75) is 25.3 Å². The molecule has 4 rings (SSSR count). The van der Waals surface area contributed by atoms with Gasteiger partial charge >= 0.3 is 12.0 Å². The number of hydrogen-bond acceptors (Lipinski definition) is 4. The standard InChI is InChI=1S/C24H27N3O4/c1-2-31-21(28)18-10-9-15-26(16-18)17-27-22(29)24(25-23(27)30,19-11-5-3-6-12-19)20-13-7-4-8-14-20/h3-8,11-14,18H,2,9-10,15-17H2,1H3,(H,25,30)/p+1/t18-/m0/s1. The van der Waals surface area contributed by atoms with Crippen LogP contribution in [0.2, 0.25) is 0 Å². The minimum atomic E-state index is -1.25. The zero-order chi connectivity index (χ0) is 21.8. The fourth-order valence-corrected chi connectivity index (χ4v) is 4.63. The van der Waals surface area contributed by atoms with Crippen LogP contribution >= 0.6 is 0 Å². The van der Waals surface area contributed by atoms with Crippen LogP contribution < -0.4 is 10.2 Å². The second-order valence-electron chi connectivity index (χ2n) is 8.10. The zero-order valence-corrected chi connectivity index (χ0v) is 17.7. The highest BCUT2D eigenvalue weighted by atomic mass is 16.5. The molecule has 2 saturated heterocycles. The molecule has 0 radical (unpaired) electrons. The van der Waals surface area contributed by atoms with Crippen LogP contribution in [0.15, 0.2) is 60.7 Å². The van der Waals surface area contributed by atoms with Crippen LogP contribution in [-0.2, 0) is 19.9 Å². The summed E-state index contributed by atoms with van der Waals surface area (Å²) < 4.78 is 5.18. The van der Waals surface area contributed by atoms with E-state index in [4.69, 9.17) is 4.74 Å². The predicted molar refractivity (Wildman–Crippen MR) is 114 cm³/mol. The first-order valence-electron chi connectivity index (χ1n) is 10.8. The summed E-state index contributed by atoms with van der Waals surface area (Å²) in [5, 5.41) is 2.98. The van der Waals surface area contributed by atoms with Crippen molar-refractivity contribution < 1.29 is 24.0 Å². The molecule has 7 nitrogen and oxygen atoms in total. The van der Waals surface area contributed by atoms with Gasteiger partial charge in [-0.2, -0.15) is 0 Å². The number of hydrogen-bond donors (Lipinski definition) is 2. The van der Waals surface area contributed by atoms with Gasteiger partial charge in [0.2, 0.25) is 0 Å². The molecule has 0 aromatic heterocycles. The molecule has 2 atom stereocenters. The molecule has 1 unspecified atom stereocenters. The minimum Gasteiger partial charge on any atom is -0.466 e. The lowest BCUT2D eigenvalue weighted by atomic mass is 9.83. The van der Waals surface area contributed by atoms with Gasteiger partial charge in [0.15, 0.2) is 12.2 Å². The molecule has 2 aliphatic rings. The second kappa shape index (κ2) is 8.89. The SMILES string of the molecule is CCOC(=O)[C@H]1CCC[NH+](CN2C(=O)NC(c3ccccc3)(c3ccccc3)C2=O)C1. The number of rotatable bonds is 6. The molecule has 0 spiro atoms. The number of nitrogens with one attached hydrogen (secondary N) is 2. The van der Waals surface area contributed by atoms with E-state index in [1.807, 2.05) is 60.7 Å². The lowest BCUT2D eigenvalue weighted by molar-refractivity contribution is -0.914. The number of esters is 1. The third-order valence-corrected chi connectivity index (χ3v) is 6.14. The molecule has 2 aromatic rings. The van der Waals surface area contributed by atoms with Crippen LogP contribution in [0, 0.1) is 5.92 Å². The first kappa shape index (κ1) is 21.1. The zero-order valence-electron chi connectivity index (χ0n) is 17.7. The Morgan fingerprint density at radius 3 is 2.29 bits per heavy atom. The number of ether oxygens (including phenoxy) is 1. The monoisotopic (exact) mass is 422 g/mol. The molecule has 31 heavy (non-hydrogen) atoms. The minimum absolute atomic E-state index is 0.195. The maximum Gasteiger partial charge on any atom is 0.330 e. The van der Waals surface area contributed by atoms with Gasteiger partial charge in [0, 0.05) is 0 Å². The van der Waals surface area contributed by atoms with Crippen molar-refractivity contribution in [1.29, 1.82) is 0 Å². The van der Waals surface area contributed by atoms with Crippen molar-refractivity contribution in [2.75, 3.05) is 26.4 Å².